The molecule has 0 saturated heterocycles. The Morgan fingerprint density at radius 3 is 2.28 bits per heavy atom. The summed E-state index contributed by atoms with van der Waals surface area (Å²) in [5.74, 6) is -1.54. The molecule has 1 N–H and O–H groups in total. The second-order valence-corrected chi connectivity index (χ2v) is 3.51. The number of carboxylic acid groups (broad SMARTS) is 1. The van der Waals surface area contributed by atoms with Crippen LogP contribution in [0.25, 0.3) is 0 Å². The maximum absolute atomic E-state index is 14.0. The third-order valence-electron chi connectivity index (χ3n) is 2.46. The van der Waals surface area contributed by atoms with E-state index in [1.165, 1.54) is 27.4 Å². The van der Waals surface area contributed by atoms with E-state index >= 15 is 0 Å². The van der Waals surface area contributed by atoms with E-state index in [0.717, 1.165) is 0 Å². The van der Waals surface area contributed by atoms with Gasteiger partial charge >= 0.3 is 5.97 Å². The number of rotatable bonds is 6. The van der Waals surface area contributed by atoms with Crippen LogP contribution in [0.4, 0.5) is 4.39 Å². The third-order valence-corrected chi connectivity index (χ3v) is 2.46. The lowest BCUT2D eigenvalue weighted by atomic mass is 10.1. The first kappa shape index (κ1) is 14.1. The molecule has 0 bridgehead atoms. The van der Waals surface area contributed by atoms with Gasteiger partial charge in [0.1, 0.15) is 0 Å². The zero-order valence-electron chi connectivity index (χ0n) is 10.4. The molecular formula is C12H15FO5. The topological polar surface area (TPSA) is 65.0 Å². The molecule has 1 aromatic carbocycles. The van der Waals surface area contributed by atoms with Crippen LogP contribution < -0.4 is 14.2 Å². The first-order valence-corrected chi connectivity index (χ1v) is 5.24. The fourth-order valence-electron chi connectivity index (χ4n) is 1.63. The number of carbonyl (C=O) groups is 1. The van der Waals surface area contributed by atoms with Crippen molar-refractivity contribution in [1.29, 1.82) is 0 Å². The predicted molar refractivity (Wildman–Crippen MR) is 62.0 cm³/mol. The molecule has 0 atom stereocenters. The second-order valence-electron chi connectivity index (χ2n) is 3.51. The van der Waals surface area contributed by atoms with Crippen molar-refractivity contribution < 1.29 is 28.5 Å². The van der Waals surface area contributed by atoms with Crippen LogP contribution in [0.3, 0.4) is 0 Å². The molecule has 0 saturated carbocycles. The van der Waals surface area contributed by atoms with E-state index in [0.29, 0.717) is 5.56 Å². The standard InChI is InChI=1S/C12H15FO5/c1-16-8-6-7(4-5-9(14)15)11(17-2)10(13)12(8)18-3/h6H,4-5H2,1-3H3,(H,14,15). The third kappa shape index (κ3) is 2.82. The van der Waals surface area contributed by atoms with Crippen molar-refractivity contribution in [3.8, 4) is 17.2 Å². The van der Waals surface area contributed by atoms with Crippen molar-refractivity contribution in [3.63, 3.8) is 0 Å². The summed E-state index contributed by atoms with van der Waals surface area (Å²) >= 11 is 0. The maximum atomic E-state index is 14.0. The number of aryl methyl sites for hydroxylation is 1. The monoisotopic (exact) mass is 258 g/mol. The van der Waals surface area contributed by atoms with Crippen LogP contribution >= 0.6 is 0 Å². The summed E-state index contributed by atoms with van der Waals surface area (Å²) in [7, 11) is 4.01. The lowest BCUT2D eigenvalue weighted by Crippen LogP contribution is -2.04. The Bertz CT molecular complexity index is 445. The van der Waals surface area contributed by atoms with Crippen molar-refractivity contribution in [3.05, 3.63) is 17.4 Å². The van der Waals surface area contributed by atoms with Crippen LogP contribution in [0.1, 0.15) is 12.0 Å². The molecule has 6 heteroatoms. The quantitative estimate of drug-likeness (QED) is 0.843. The first-order valence-electron chi connectivity index (χ1n) is 5.24. The number of methoxy groups -OCH3 is 3. The van der Waals surface area contributed by atoms with Crippen molar-refractivity contribution >= 4 is 5.97 Å². The summed E-state index contributed by atoms with van der Waals surface area (Å²) < 4.78 is 28.9. The van der Waals surface area contributed by atoms with Crippen molar-refractivity contribution in [2.75, 3.05) is 21.3 Å². The molecule has 0 amide bonds. The van der Waals surface area contributed by atoms with Gasteiger partial charge in [0.05, 0.1) is 21.3 Å². The normalized spacial score (nSPS) is 10.0. The van der Waals surface area contributed by atoms with Crippen LogP contribution in [0.2, 0.25) is 0 Å². The number of benzene rings is 1. The maximum Gasteiger partial charge on any atom is 0.303 e. The van der Waals surface area contributed by atoms with E-state index in [1.54, 1.807) is 0 Å². The van der Waals surface area contributed by atoms with Gasteiger partial charge in [0.2, 0.25) is 11.6 Å². The van der Waals surface area contributed by atoms with Gasteiger partial charge in [-0.1, -0.05) is 0 Å². The lowest BCUT2D eigenvalue weighted by Gasteiger charge is -2.15. The fourth-order valence-corrected chi connectivity index (χ4v) is 1.63. The molecule has 0 radical (unpaired) electrons. The van der Waals surface area contributed by atoms with Gasteiger partial charge < -0.3 is 19.3 Å². The van der Waals surface area contributed by atoms with E-state index in [2.05, 4.69) is 0 Å². The van der Waals surface area contributed by atoms with Crippen LogP contribution in [0, 0.1) is 5.82 Å². The molecule has 0 fully saturated rings. The molecule has 0 aliphatic rings. The van der Waals surface area contributed by atoms with Gasteiger partial charge in [0, 0.05) is 12.0 Å². The average molecular weight is 258 g/mol. The molecule has 0 aliphatic heterocycles. The molecule has 18 heavy (non-hydrogen) atoms. The van der Waals surface area contributed by atoms with Crippen molar-refractivity contribution in [1.82, 2.24) is 0 Å². The van der Waals surface area contributed by atoms with Gasteiger partial charge in [-0.15, -0.1) is 0 Å². The molecule has 0 heterocycles. The number of hydrogen-bond donors (Lipinski definition) is 1. The minimum absolute atomic E-state index is 0.0195. The van der Waals surface area contributed by atoms with E-state index in [9.17, 15) is 9.18 Å². The first-order chi connectivity index (χ1) is 8.54. The Labute approximate surface area is 104 Å². The van der Waals surface area contributed by atoms with Gasteiger partial charge in [-0.05, 0) is 12.5 Å². The zero-order chi connectivity index (χ0) is 13.7. The minimum atomic E-state index is -0.966. The summed E-state index contributed by atoms with van der Waals surface area (Å²) in [6.45, 7) is 0. The number of aliphatic carboxylic acids is 1. The Morgan fingerprint density at radius 2 is 1.83 bits per heavy atom. The highest BCUT2D eigenvalue weighted by atomic mass is 19.1. The fraction of sp³-hybridized carbons (Fsp3) is 0.417. The minimum Gasteiger partial charge on any atom is -0.493 e. The Balaban J connectivity index is 3.23. The molecule has 0 spiro atoms. The van der Waals surface area contributed by atoms with Crippen LogP contribution in [-0.4, -0.2) is 32.4 Å². The van der Waals surface area contributed by atoms with Crippen LogP contribution in [0.15, 0.2) is 6.07 Å². The number of hydrogen-bond acceptors (Lipinski definition) is 4. The van der Waals surface area contributed by atoms with Crippen molar-refractivity contribution in [2.45, 2.75) is 12.8 Å². The number of carboxylic acids is 1. The van der Waals surface area contributed by atoms with E-state index in [1.807, 2.05) is 0 Å². The smallest absolute Gasteiger partial charge is 0.303 e. The lowest BCUT2D eigenvalue weighted by molar-refractivity contribution is -0.136. The predicted octanol–water partition coefficient (Wildman–Crippen LogP) is 1.87. The van der Waals surface area contributed by atoms with E-state index in [4.69, 9.17) is 19.3 Å². The van der Waals surface area contributed by atoms with Crippen molar-refractivity contribution in [2.24, 2.45) is 0 Å². The molecule has 1 aromatic rings. The molecule has 100 valence electrons. The molecule has 0 aliphatic carbocycles. The van der Waals surface area contributed by atoms with Crippen LogP contribution in [-0.2, 0) is 11.2 Å². The van der Waals surface area contributed by atoms with Crippen LogP contribution in [0.5, 0.6) is 17.2 Å². The number of halogens is 1. The highest BCUT2D eigenvalue weighted by molar-refractivity contribution is 5.67. The second kappa shape index (κ2) is 6.09. The highest BCUT2D eigenvalue weighted by Crippen LogP contribution is 2.39. The molecule has 5 nitrogen and oxygen atoms in total. The molecule has 1 rings (SSSR count). The van der Waals surface area contributed by atoms with Gasteiger partial charge in [-0.25, -0.2) is 0 Å². The molecular weight excluding hydrogens is 243 g/mol. The van der Waals surface area contributed by atoms with Gasteiger partial charge in [0.15, 0.2) is 11.5 Å². The summed E-state index contributed by atoms with van der Waals surface area (Å²) in [4.78, 5) is 10.5. The Morgan fingerprint density at radius 1 is 1.22 bits per heavy atom. The Kier molecular flexibility index (Phi) is 4.76. The van der Waals surface area contributed by atoms with Gasteiger partial charge in [0.25, 0.3) is 0 Å². The zero-order valence-corrected chi connectivity index (χ0v) is 10.4. The molecule has 0 aromatic heterocycles. The Hall–Kier alpha value is -1.98. The molecule has 0 unspecified atom stereocenters. The van der Waals surface area contributed by atoms with E-state index < -0.39 is 11.8 Å². The summed E-state index contributed by atoms with van der Waals surface area (Å²) in [5, 5.41) is 8.64. The van der Waals surface area contributed by atoms with Gasteiger partial charge in [-0.3, -0.25) is 4.79 Å². The summed E-state index contributed by atoms with van der Waals surface area (Å²) in [5.41, 5.74) is 0.426. The summed E-state index contributed by atoms with van der Waals surface area (Å²) in [6.07, 6.45) is 0.0288. The number of ether oxygens (including phenoxy) is 3. The SMILES string of the molecule is COc1cc(CCC(=O)O)c(OC)c(F)c1OC. The van der Waals surface area contributed by atoms with E-state index in [-0.39, 0.29) is 30.1 Å². The highest BCUT2D eigenvalue weighted by Gasteiger charge is 2.20. The average Bonchev–Trinajstić information content (AvgIpc) is 2.35. The largest absolute Gasteiger partial charge is 0.493 e. The summed E-state index contributed by atoms with van der Waals surface area (Å²) in [6, 6.07) is 1.52. The van der Waals surface area contributed by atoms with Gasteiger partial charge in [-0.2, -0.15) is 4.39 Å².